The van der Waals surface area contributed by atoms with Gasteiger partial charge < -0.3 is 9.94 Å². The Kier molecular flexibility index (Phi) is 9.33. The van der Waals surface area contributed by atoms with Gasteiger partial charge in [0, 0.05) is 6.54 Å². The van der Waals surface area contributed by atoms with Gasteiger partial charge in [0.15, 0.2) is 0 Å². The van der Waals surface area contributed by atoms with Crippen LogP contribution >= 0.6 is 0 Å². The minimum absolute atomic E-state index is 0.349. The van der Waals surface area contributed by atoms with Crippen LogP contribution in [0.25, 0.3) is 0 Å². The molecule has 0 radical (unpaired) electrons. The van der Waals surface area contributed by atoms with E-state index in [9.17, 15) is 0 Å². The fraction of sp³-hybridized carbons (Fsp3) is 0.625. The van der Waals surface area contributed by atoms with E-state index in [-0.39, 0.29) is 6.10 Å². The van der Waals surface area contributed by atoms with Crippen molar-refractivity contribution in [2.24, 2.45) is 0 Å². The van der Waals surface area contributed by atoms with E-state index in [0.717, 1.165) is 13.0 Å². The van der Waals surface area contributed by atoms with Crippen molar-refractivity contribution < 1.29 is 9.94 Å². The molecule has 0 aliphatic carbocycles. The second kappa shape index (κ2) is 11.0. The standard InChI is InChI=1S/C16H27NO2/c1-15(18)14-17-19-13-9-4-2-3-6-10-16-11-7-5-8-12-16/h5,7-8,11-12,15,17-18H,2-4,6,9-10,13-14H2,1H3. The lowest BCUT2D eigenvalue weighted by Crippen LogP contribution is -2.25. The Morgan fingerprint density at radius 3 is 2.47 bits per heavy atom. The van der Waals surface area contributed by atoms with Crippen LogP contribution in [-0.2, 0) is 11.3 Å². The Hall–Kier alpha value is -0.900. The van der Waals surface area contributed by atoms with Gasteiger partial charge in [0.2, 0.25) is 0 Å². The fourth-order valence-corrected chi connectivity index (χ4v) is 1.93. The van der Waals surface area contributed by atoms with Gasteiger partial charge in [-0.15, -0.1) is 0 Å². The number of nitrogens with one attached hydrogen (secondary N) is 1. The van der Waals surface area contributed by atoms with E-state index in [1.54, 1.807) is 6.92 Å². The second-order valence-corrected chi connectivity index (χ2v) is 5.05. The third kappa shape index (κ3) is 9.65. The third-order valence-electron chi connectivity index (χ3n) is 3.04. The number of unbranched alkanes of at least 4 members (excludes halogenated alkanes) is 4. The largest absolute Gasteiger partial charge is 0.392 e. The van der Waals surface area contributed by atoms with Crippen LogP contribution in [0.5, 0.6) is 0 Å². The third-order valence-corrected chi connectivity index (χ3v) is 3.04. The molecule has 1 rings (SSSR count). The van der Waals surface area contributed by atoms with Crippen LogP contribution in [0.15, 0.2) is 30.3 Å². The van der Waals surface area contributed by atoms with Crippen LogP contribution in [-0.4, -0.2) is 24.4 Å². The van der Waals surface area contributed by atoms with Gasteiger partial charge in [-0.05, 0) is 31.7 Å². The van der Waals surface area contributed by atoms with Crippen LogP contribution < -0.4 is 5.48 Å². The lowest BCUT2D eigenvalue weighted by Gasteiger charge is -2.07. The van der Waals surface area contributed by atoms with Crippen molar-refractivity contribution in [3.63, 3.8) is 0 Å². The number of hydroxylamine groups is 1. The monoisotopic (exact) mass is 265 g/mol. The first-order valence-corrected chi connectivity index (χ1v) is 7.35. The second-order valence-electron chi connectivity index (χ2n) is 5.05. The van der Waals surface area contributed by atoms with Crippen molar-refractivity contribution in [1.29, 1.82) is 0 Å². The summed E-state index contributed by atoms with van der Waals surface area (Å²) in [6.07, 6.45) is 6.96. The van der Waals surface area contributed by atoms with Crippen molar-refractivity contribution in [1.82, 2.24) is 5.48 Å². The molecule has 0 aliphatic rings. The number of benzene rings is 1. The highest BCUT2D eigenvalue weighted by Crippen LogP contribution is 2.08. The highest BCUT2D eigenvalue weighted by atomic mass is 16.6. The molecule has 0 heterocycles. The molecule has 1 unspecified atom stereocenters. The molecule has 3 nitrogen and oxygen atoms in total. The topological polar surface area (TPSA) is 41.5 Å². The molecule has 1 aromatic rings. The first kappa shape index (κ1) is 16.2. The van der Waals surface area contributed by atoms with Gasteiger partial charge >= 0.3 is 0 Å². The molecule has 108 valence electrons. The first-order valence-electron chi connectivity index (χ1n) is 7.35. The number of aryl methyl sites for hydroxylation is 1. The average molecular weight is 265 g/mol. The molecule has 1 atom stereocenters. The van der Waals surface area contributed by atoms with E-state index in [2.05, 4.69) is 35.8 Å². The Labute approximate surface area is 116 Å². The number of aliphatic hydroxyl groups excluding tert-OH is 1. The summed E-state index contributed by atoms with van der Waals surface area (Å²) in [5, 5.41) is 9.00. The van der Waals surface area contributed by atoms with Crippen LogP contribution in [0, 0.1) is 0 Å². The van der Waals surface area contributed by atoms with Crippen molar-refractivity contribution in [2.45, 2.75) is 51.6 Å². The molecule has 19 heavy (non-hydrogen) atoms. The predicted molar refractivity (Wildman–Crippen MR) is 78.9 cm³/mol. The summed E-state index contributed by atoms with van der Waals surface area (Å²) >= 11 is 0. The summed E-state index contributed by atoms with van der Waals surface area (Å²) in [7, 11) is 0. The number of aliphatic hydroxyl groups is 1. The van der Waals surface area contributed by atoms with E-state index < -0.39 is 0 Å². The Morgan fingerprint density at radius 1 is 1.05 bits per heavy atom. The molecule has 3 heteroatoms. The van der Waals surface area contributed by atoms with Gasteiger partial charge in [-0.25, -0.2) is 0 Å². The fourth-order valence-electron chi connectivity index (χ4n) is 1.93. The zero-order valence-electron chi connectivity index (χ0n) is 12.0. The minimum Gasteiger partial charge on any atom is -0.392 e. The maximum atomic E-state index is 9.00. The molecule has 1 aromatic carbocycles. The van der Waals surface area contributed by atoms with E-state index in [1.807, 2.05) is 0 Å². The highest BCUT2D eigenvalue weighted by molar-refractivity contribution is 5.14. The van der Waals surface area contributed by atoms with E-state index >= 15 is 0 Å². The Morgan fingerprint density at radius 2 is 1.74 bits per heavy atom. The molecular formula is C16H27NO2. The maximum Gasteiger partial charge on any atom is 0.0682 e. The molecule has 0 amide bonds. The summed E-state index contributed by atoms with van der Waals surface area (Å²) in [5.41, 5.74) is 4.20. The predicted octanol–water partition coefficient (Wildman–Crippen LogP) is 3.08. The number of rotatable bonds is 11. The lowest BCUT2D eigenvalue weighted by atomic mass is 10.1. The molecule has 0 spiro atoms. The minimum atomic E-state index is -0.349. The van der Waals surface area contributed by atoms with Crippen LogP contribution in [0.2, 0.25) is 0 Å². The average Bonchev–Trinajstić information content (AvgIpc) is 2.42. The molecule has 2 N–H and O–H groups in total. The number of hydrogen-bond acceptors (Lipinski definition) is 3. The summed E-state index contributed by atoms with van der Waals surface area (Å²) in [5.74, 6) is 0. The van der Waals surface area contributed by atoms with Gasteiger partial charge in [-0.1, -0.05) is 49.6 Å². The van der Waals surface area contributed by atoms with E-state index in [1.165, 1.54) is 37.7 Å². The lowest BCUT2D eigenvalue weighted by molar-refractivity contribution is 0.0156. The Balaban J connectivity index is 1.81. The summed E-state index contributed by atoms with van der Waals surface area (Å²) in [6, 6.07) is 10.7. The molecule has 0 saturated heterocycles. The molecule has 0 fully saturated rings. The van der Waals surface area contributed by atoms with Gasteiger partial charge in [0.1, 0.15) is 0 Å². The van der Waals surface area contributed by atoms with Gasteiger partial charge in [0.25, 0.3) is 0 Å². The SMILES string of the molecule is CC(O)CNOCCCCCCCc1ccccc1. The van der Waals surface area contributed by atoms with E-state index in [4.69, 9.17) is 9.94 Å². The molecular weight excluding hydrogens is 238 g/mol. The van der Waals surface area contributed by atoms with Crippen molar-refractivity contribution >= 4 is 0 Å². The van der Waals surface area contributed by atoms with Crippen LogP contribution in [0.3, 0.4) is 0 Å². The van der Waals surface area contributed by atoms with Crippen molar-refractivity contribution in [2.75, 3.05) is 13.2 Å². The Bertz CT molecular complexity index is 301. The van der Waals surface area contributed by atoms with Gasteiger partial charge in [0.05, 0.1) is 12.7 Å². The first-order chi connectivity index (χ1) is 9.29. The quantitative estimate of drug-likeness (QED) is 0.477. The van der Waals surface area contributed by atoms with Crippen molar-refractivity contribution in [3.05, 3.63) is 35.9 Å². The summed E-state index contributed by atoms with van der Waals surface area (Å²) in [4.78, 5) is 5.21. The molecule has 0 bridgehead atoms. The summed E-state index contributed by atoms with van der Waals surface area (Å²) in [6.45, 7) is 2.96. The normalized spacial score (nSPS) is 12.5. The smallest absolute Gasteiger partial charge is 0.0682 e. The van der Waals surface area contributed by atoms with Gasteiger partial charge in [-0.2, -0.15) is 5.48 Å². The molecule has 0 saturated carbocycles. The molecule has 0 aliphatic heterocycles. The maximum absolute atomic E-state index is 9.00. The van der Waals surface area contributed by atoms with Crippen LogP contribution in [0.4, 0.5) is 0 Å². The summed E-state index contributed by atoms with van der Waals surface area (Å²) < 4.78 is 0. The zero-order valence-corrected chi connectivity index (χ0v) is 12.0. The number of hydrogen-bond donors (Lipinski definition) is 2. The highest BCUT2D eigenvalue weighted by Gasteiger charge is 1.95. The van der Waals surface area contributed by atoms with Gasteiger partial charge in [-0.3, -0.25) is 0 Å². The zero-order chi connectivity index (χ0) is 13.8. The van der Waals surface area contributed by atoms with Crippen molar-refractivity contribution in [3.8, 4) is 0 Å². The van der Waals surface area contributed by atoms with Crippen LogP contribution in [0.1, 0.15) is 44.6 Å². The molecule has 0 aromatic heterocycles. The van der Waals surface area contributed by atoms with E-state index in [0.29, 0.717) is 6.54 Å².